The summed E-state index contributed by atoms with van der Waals surface area (Å²) in [5, 5.41) is 2.67. The van der Waals surface area contributed by atoms with Crippen molar-refractivity contribution in [3.8, 4) is 0 Å². The van der Waals surface area contributed by atoms with Crippen molar-refractivity contribution < 1.29 is 13.2 Å². The lowest BCUT2D eigenvalue weighted by molar-refractivity contribution is 0.0799. The minimum Gasteiger partial charge on any atom is -0.377 e. The van der Waals surface area contributed by atoms with Crippen molar-refractivity contribution in [2.24, 2.45) is 0 Å². The van der Waals surface area contributed by atoms with Crippen LogP contribution in [0.2, 0.25) is 0 Å². The molecule has 6 heteroatoms. The molecule has 0 saturated heterocycles. The lowest BCUT2D eigenvalue weighted by Gasteiger charge is -2.18. The highest BCUT2D eigenvalue weighted by Crippen LogP contribution is 1.99. The summed E-state index contributed by atoms with van der Waals surface area (Å²) in [6.07, 6.45) is -0.0972. The van der Waals surface area contributed by atoms with Crippen LogP contribution in [-0.2, 0) is 14.8 Å². The van der Waals surface area contributed by atoms with Crippen molar-refractivity contribution in [2.75, 3.05) is 19.7 Å². The molecule has 0 aliphatic heterocycles. The summed E-state index contributed by atoms with van der Waals surface area (Å²) in [5.74, 6) is 0. The summed E-state index contributed by atoms with van der Waals surface area (Å²) in [4.78, 5) is 0. The van der Waals surface area contributed by atoms with E-state index in [0.29, 0.717) is 19.7 Å². The van der Waals surface area contributed by atoms with Crippen LogP contribution in [0.15, 0.2) is 0 Å². The van der Waals surface area contributed by atoms with Gasteiger partial charge < -0.3 is 10.1 Å². The normalized spacial score (nSPS) is 16.1. The molecule has 0 rings (SSSR count). The predicted octanol–water partition coefficient (Wildman–Crippen LogP) is 0.717. The Hall–Kier alpha value is -0.170. The molecule has 0 spiro atoms. The van der Waals surface area contributed by atoms with E-state index in [1.807, 2.05) is 27.7 Å². The molecule has 5 nitrogen and oxygen atoms in total. The molecule has 0 amide bonds. The third kappa shape index (κ3) is 7.70. The van der Waals surface area contributed by atoms with Crippen LogP contribution >= 0.6 is 0 Å². The molecule has 0 aromatic rings. The van der Waals surface area contributed by atoms with Crippen molar-refractivity contribution in [2.45, 2.75) is 52.0 Å². The first-order chi connectivity index (χ1) is 7.79. The van der Waals surface area contributed by atoms with Gasteiger partial charge in [0.2, 0.25) is 10.0 Å². The number of rotatable bonds is 9. The maximum absolute atomic E-state index is 11.8. The Morgan fingerprint density at radius 2 is 1.71 bits per heavy atom. The monoisotopic (exact) mass is 266 g/mol. The maximum atomic E-state index is 11.8. The van der Waals surface area contributed by atoms with Crippen molar-refractivity contribution in [3.05, 3.63) is 0 Å². The van der Waals surface area contributed by atoms with E-state index < -0.39 is 15.3 Å². The third-order valence-electron chi connectivity index (χ3n) is 2.37. The average Bonchev–Trinajstić information content (AvgIpc) is 2.23. The standard InChI is InChI=1S/C11H26N2O3S/c1-6-16-10(4)7-13-17(14,15)11(5)8-12-9(2)3/h9-13H,6-8H2,1-5H3. The van der Waals surface area contributed by atoms with Gasteiger partial charge >= 0.3 is 0 Å². The van der Waals surface area contributed by atoms with Gasteiger partial charge in [-0.15, -0.1) is 0 Å². The summed E-state index contributed by atoms with van der Waals surface area (Å²) in [6, 6.07) is 0.287. The SMILES string of the molecule is CCOC(C)CNS(=O)(=O)C(C)CNC(C)C. The van der Waals surface area contributed by atoms with Gasteiger partial charge in [-0.1, -0.05) is 13.8 Å². The highest BCUT2D eigenvalue weighted by atomic mass is 32.2. The van der Waals surface area contributed by atoms with Gasteiger partial charge in [-0.05, 0) is 20.8 Å². The molecule has 2 unspecified atom stereocenters. The Labute approximate surface area is 105 Å². The summed E-state index contributed by atoms with van der Waals surface area (Å²) in [7, 11) is -3.26. The van der Waals surface area contributed by atoms with Crippen LogP contribution in [0.5, 0.6) is 0 Å². The fourth-order valence-electron chi connectivity index (χ4n) is 1.23. The van der Waals surface area contributed by atoms with Gasteiger partial charge in [0.05, 0.1) is 11.4 Å². The van der Waals surface area contributed by atoms with Crippen LogP contribution in [-0.4, -0.2) is 45.5 Å². The summed E-state index contributed by atoms with van der Waals surface area (Å²) < 4.78 is 31.5. The summed E-state index contributed by atoms with van der Waals surface area (Å²) in [6.45, 7) is 10.8. The summed E-state index contributed by atoms with van der Waals surface area (Å²) in [5.41, 5.74) is 0. The molecule has 0 aliphatic rings. The Balaban J connectivity index is 4.09. The first-order valence-corrected chi connectivity index (χ1v) is 7.67. The predicted molar refractivity (Wildman–Crippen MR) is 70.6 cm³/mol. The fourth-order valence-corrected chi connectivity index (χ4v) is 2.30. The van der Waals surface area contributed by atoms with Crippen LogP contribution in [0.1, 0.15) is 34.6 Å². The molecular formula is C11H26N2O3S. The lowest BCUT2D eigenvalue weighted by Crippen LogP contribution is -2.43. The largest absolute Gasteiger partial charge is 0.377 e. The smallest absolute Gasteiger partial charge is 0.215 e. The first kappa shape index (κ1) is 16.8. The van der Waals surface area contributed by atoms with Crippen LogP contribution in [0.3, 0.4) is 0 Å². The lowest BCUT2D eigenvalue weighted by atomic mass is 10.3. The Morgan fingerprint density at radius 1 is 1.12 bits per heavy atom. The number of ether oxygens (including phenoxy) is 1. The molecular weight excluding hydrogens is 240 g/mol. The zero-order chi connectivity index (χ0) is 13.5. The molecule has 17 heavy (non-hydrogen) atoms. The zero-order valence-corrected chi connectivity index (χ0v) is 12.3. The topological polar surface area (TPSA) is 67.4 Å². The molecule has 0 aliphatic carbocycles. The number of sulfonamides is 1. The maximum Gasteiger partial charge on any atom is 0.215 e. The average molecular weight is 266 g/mol. The van der Waals surface area contributed by atoms with Crippen LogP contribution in [0.25, 0.3) is 0 Å². The van der Waals surface area contributed by atoms with E-state index in [4.69, 9.17) is 4.74 Å². The van der Waals surface area contributed by atoms with Gasteiger partial charge in [-0.2, -0.15) is 0 Å². The van der Waals surface area contributed by atoms with Crippen LogP contribution < -0.4 is 10.0 Å². The number of hydrogen-bond acceptors (Lipinski definition) is 4. The zero-order valence-electron chi connectivity index (χ0n) is 11.5. The Morgan fingerprint density at radius 3 is 2.18 bits per heavy atom. The minimum atomic E-state index is -3.26. The Kier molecular flexibility index (Phi) is 7.94. The van der Waals surface area contributed by atoms with Crippen molar-refractivity contribution in [1.29, 1.82) is 0 Å². The molecule has 0 saturated carbocycles. The number of hydrogen-bond donors (Lipinski definition) is 2. The van der Waals surface area contributed by atoms with E-state index in [1.165, 1.54) is 0 Å². The van der Waals surface area contributed by atoms with Gasteiger partial charge in [0.15, 0.2) is 0 Å². The molecule has 0 aromatic heterocycles. The van der Waals surface area contributed by atoms with Gasteiger partial charge in [0.25, 0.3) is 0 Å². The molecule has 104 valence electrons. The molecule has 0 heterocycles. The van der Waals surface area contributed by atoms with Crippen LogP contribution in [0.4, 0.5) is 0 Å². The van der Waals surface area contributed by atoms with E-state index in [-0.39, 0.29) is 12.1 Å². The first-order valence-electron chi connectivity index (χ1n) is 6.13. The van der Waals surface area contributed by atoms with Gasteiger partial charge in [-0.3, -0.25) is 0 Å². The van der Waals surface area contributed by atoms with Crippen molar-refractivity contribution in [3.63, 3.8) is 0 Å². The molecule has 0 aromatic carbocycles. The van der Waals surface area contributed by atoms with Crippen LogP contribution in [0, 0.1) is 0 Å². The van der Waals surface area contributed by atoms with E-state index in [0.717, 1.165) is 0 Å². The van der Waals surface area contributed by atoms with E-state index in [1.54, 1.807) is 6.92 Å². The van der Waals surface area contributed by atoms with E-state index in [2.05, 4.69) is 10.0 Å². The second kappa shape index (κ2) is 8.02. The number of nitrogens with one attached hydrogen (secondary N) is 2. The van der Waals surface area contributed by atoms with E-state index in [9.17, 15) is 8.42 Å². The van der Waals surface area contributed by atoms with Gasteiger partial charge in [0.1, 0.15) is 0 Å². The third-order valence-corrected chi connectivity index (χ3v) is 4.16. The second-order valence-corrected chi connectivity index (χ2v) is 6.72. The quantitative estimate of drug-likeness (QED) is 0.645. The molecule has 0 fully saturated rings. The highest BCUT2D eigenvalue weighted by Gasteiger charge is 2.20. The van der Waals surface area contributed by atoms with Gasteiger partial charge in [0, 0.05) is 25.7 Å². The second-order valence-electron chi connectivity index (χ2n) is 4.53. The molecule has 0 bridgehead atoms. The summed E-state index contributed by atoms with van der Waals surface area (Å²) >= 11 is 0. The molecule has 2 N–H and O–H groups in total. The van der Waals surface area contributed by atoms with Crippen molar-refractivity contribution >= 4 is 10.0 Å². The Bertz CT molecular complexity index is 291. The highest BCUT2D eigenvalue weighted by molar-refractivity contribution is 7.90. The van der Waals surface area contributed by atoms with E-state index >= 15 is 0 Å². The molecule has 2 atom stereocenters. The minimum absolute atomic E-state index is 0.0972. The molecule has 0 radical (unpaired) electrons. The van der Waals surface area contributed by atoms with Gasteiger partial charge in [-0.25, -0.2) is 13.1 Å². The van der Waals surface area contributed by atoms with Crippen molar-refractivity contribution in [1.82, 2.24) is 10.0 Å². The fraction of sp³-hybridized carbons (Fsp3) is 1.00.